The molecule has 2 atom stereocenters. The first-order valence-corrected chi connectivity index (χ1v) is 8.52. The van der Waals surface area contributed by atoms with E-state index in [0.29, 0.717) is 12.5 Å². The minimum atomic E-state index is 0.155. The lowest BCUT2D eigenvalue weighted by atomic mass is 9.84. The number of hydrogen-bond acceptors (Lipinski definition) is 3. The number of hydrogen-bond donors (Lipinski definition) is 0. The van der Waals surface area contributed by atoms with E-state index in [4.69, 9.17) is 9.47 Å². The van der Waals surface area contributed by atoms with Crippen LogP contribution in [0.2, 0.25) is 0 Å². The molecule has 4 heteroatoms. The Bertz CT molecular complexity index is 845. The van der Waals surface area contributed by atoms with Gasteiger partial charge in [-0.3, -0.25) is 4.79 Å². The third kappa shape index (κ3) is 1.83. The van der Waals surface area contributed by atoms with Crippen LogP contribution >= 0.6 is 0 Å². The number of carbonyl (C=O) groups is 1. The zero-order chi connectivity index (χ0) is 16.3. The summed E-state index contributed by atoms with van der Waals surface area (Å²) in [6.45, 7) is 0.733. The standard InChI is InChI=1S/C20H19NO3/c1-23-17-8-6-12-10-13-7-9-18(22)21(13)11-15-14-4-2-3-5-16(14)24-20(17)19(12)15/h2-6,8,13,15H,7,9-11H2,1H3/t13-,15-/m1/s1. The van der Waals surface area contributed by atoms with Crippen LogP contribution < -0.4 is 9.47 Å². The van der Waals surface area contributed by atoms with E-state index in [-0.39, 0.29) is 11.8 Å². The van der Waals surface area contributed by atoms with Crippen LogP contribution in [0.1, 0.15) is 35.4 Å². The number of methoxy groups -OCH3 is 1. The van der Waals surface area contributed by atoms with Crippen molar-refractivity contribution in [2.45, 2.75) is 31.2 Å². The highest BCUT2D eigenvalue weighted by molar-refractivity contribution is 5.79. The number of amides is 1. The lowest BCUT2D eigenvalue weighted by molar-refractivity contribution is -0.129. The fourth-order valence-corrected chi connectivity index (χ4v) is 4.47. The van der Waals surface area contributed by atoms with E-state index in [1.54, 1.807) is 7.11 Å². The number of rotatable bonds is 1. The van der Waals surface area contributed by atoms with Gasteiger partial charge in [-0.25, -0.2) is 0 Å². The lowest BCUT2D eigenvalue weighted by Gasteiger charge is -2.31. The number of ether oxygens (including phenoxy) is 2. The summed E-state index contributed by atoms with van der Waals surface area (Å²) < 4.78 is 11.8. The Morgan fingerprint density at radius 3 is 2.96 bits per heavy atom. The predicted octanol–water partition coefficient (Wildman–Crippen LogP) is 3.48. The summed E-state index contributed by atoms with van der Waals surface area (Å²) in [7, 11) is 1.68. The van der Waals surface area contributed by atoms with Crippen LogP contribution in [0.25, 0.3) is 0 Å². The molecule has 0 bridgehead atoms. The van der Waals surface area contributed by atoms with E-state index in [1.807, 2.05) is 24.3 Å². The van der Waals surface area contributed by atoms with E-state index in [9.17, 15) is 4.79 Å². The SMILES string of the molecule is COc1ccc2c3c1Oc1ccccc1[C@H]3CN1C(=O)CC[C@@H]1C2. The summed E-state index contributed by atoms with van der Waals surface area (Å²) in [4.78, 5) is 14.5. The molecule has 1 fully saturated rings. The fraction of sp³-hybridized carbons (Fsp3) is 0.350. The van der Waals surface area contributed by atoms with Crippen molar-refractivity contribution in [2.75, 3.05) is 13.7 Å². The molecule has 3 aliphatic rings. The number of nitrogens with zero attached hydrogens (tertiary/aromatic N) is 1. The molecular weight excluding hydrogens is 302 g/mol. The van der Waals surface area contributed by atoms with Crippen molar-refractivity contribution in [3.8, 4) is 17.2 Å². The highest BCUT2D eigenvalue weighted by atomic mass is 16.5. The maximum atomic E-state index is 12.4. The van der Waals surface area contributed by atoms with E-state index >= 15 is 0 Å². The van der Waals surface area contributed by atoms with Crippen LogP contribution in [0.5, 0.6) is 17.2 Å². The van der Waals surface area contributed by atoms with Crippen LogP contribution in [-0.4, -0.2) is 30.5 Å². The second-order valence-electron chi connectivity index (χ2n) is 6.80. The second kappa shape index (κ2) is 5.00. The van der Waals surface area contributed by atoms with Gasteiger partial charge in [-0.15, -0.1) is 0 Å². The van der Waals surface area contributed by atoms with Crippen LogP contribution in [0.15, 0.2) is 36.4 Å². The second-order valence-corrected chi connectivity index (χ2v) is 6.80. The average Bonchev–Trinajstić information content (AvgIpc) is 2.85. The van der Waals surface area contributed by atoms with Gasteiger partial charge >= 0.3 is 0 Å². The number of fused-ring (bicyclic) bond motifs is 3. The zero-order valence-electron chi connectivity index (χ0n) is 13.6. The number of benzene rings is 2. The van der Waals surface area contributed by atoms with Gasteiger partial charge in [-0.2, -0.15) is 0 Å². The Kier molecular flexibility index (Phi) is 2.90. The van der Waals surface area contributed by atoms with Crippen molar-refractivity contribution < 1.29 is 14.3 Å². The van der Waals surface area contributed by atoms with Crippen molar-refractivity contribution in [3.63, 3.8) is 0 Å². The molecule has 0 aromatic heterocycles. The highest BCUT2D eigenvalue weighted by Gasteiger charge is 2.41. The quantitative estimate of drug-likeness (QED) is 0.807. The van der Waals surface area contributed by atoms with Gasteiger partial charge in [-0.05, 0) is 30.5 Å². The Hall–Kier alpha value is -2.49. The topological polar surface area (TPSA) is 38.8 Å². The molecule has 0 aliphatic carbocycles. The molecule has 0 radical (unpaired) electrons. The highest BCUT2D eigenvalue weighted by Crippen LogP contribution is 2.51. The van der Waals surface area contributed by atoms with Gasteiger partial charge in [0.1, 0.15) is 5.75 Å². The van der Waals surface area contributed by atoms with Crippen molar-refractivity contribution >= 4 is 5.91 Å². The maximum Gasteiger partial charge on any atom is 0.222 e. The number of para-hydroxylation sites is 1. The monoisotopic (exact) mass is 321 g/mol. The first-order valence-electron chi connectivity index (χ1n) is 8.52. The molecule has 0 N–H and O–H groups in total. The first kappa shape index (κ1) is 13.9. The van der Waals surface area contributed by atoms with Crippen molar-refractivity contribution in [3.05, 3.63) is 53.1 Å². The minimum absolute atomic E-state index is 0.155. The van der Waals surface area contributed by atoms with Gasteiger partial charge in [0.25, 0.3) is 0 Å². The van der Waals surface area contributed by atoms with E-state index in [0.717, 1.165) is 36.6 Å². The van der Waals surface area contributed by atoms with Crippen LogP contribution in [0.3, 0.4) is 0 Å². The van der Waals surface area contributed by atoms with Gasteiger partial charge in [0, 0.05) is 36.1 Å². The van der Waals surface area contributed by atoms with Crippen LogP contribution in [0, 0.1) is 0 Å². The Morgan fingerprint density at radius 2 is 2.08 bits per heavy atom. The third-order valence-electron chi connectivity index (χ3n) is 5.61. The summed E-state index contributed by atoms with van der Waals surface area (Å²) in [5.74, 6) is 2.90. The van der Waals surface area contributed by atoms with Crippen molar-refractivity contribution in [2.24, 2.45) is 0 Å². The molecule has 1 amide bonds. The van der Waals surface area contributed by atoms with E-state index < -0.39 is 0 Å². The van der Waals surface area contributed by atoms with Crippen molar-refractivity contribution in [1.29, 1.82) is 0 Å². The molecule has 1 saturated heterocycles. The molecule has 0 unspecified atom stereocenters. The largest absolute Gasteiger partial charge is 0.493 e. The molecule has 3 heterocycles. The predicted molar refractivity (Wildman–Crippen MR) is 89.8 cm³/mol. The normalized spacial score (nSPS) is 23.7. The Labute approximate surface area is 141 Å². The molecule has 2 aromatic rings. The first-order chi connectivity index (χ1) is 11.8. The van der Waals surface area contributed by atoms with E-state index in [1.165, 1.54) is 16.7 Å². The average molecular weight is 321 g/mol. The summed E-state index contributed by atoms with van der Waals surface area (Å²) in [6.07, 6.45) is 2.53. The minimum Gasteiger partial charge on any atom is -0.493 e. The van der Waals surface area contributed by atoms with Gasteiger partial charge in [0.15, 0.2) is 11.5 Å². The van der Waals surface area contributed by atoms with Crippen LogP contribution in [-0.2, 0) is 11.2 Å². The van der Waals surface area contributed by atoms with Gasteiger partial charge in [0.05, 0.1) is 7.11 Å². The summed E-state index contributed by atoms with van der Waals surface area (Å²) in [5, 5.41) is 0. The third-order valence-corrected chi connectivity index (χ3v) is 5.61. The number of carbonyl (C=O) groups excluding carboxylic acids is 1. The molecule has 3 aliphatic heterocycles. The van der Waals surface area contributed by atoms with Crippen LogP contribution in [0.4, 0.5) is 0 Å². The Morgan fingerprint density at radius 1 is 1.21 bits per heavy atom. The molecule has 0 spiro atoms. The molecule has 24 heavy (non-hydrogen) atoms. The fourth-order valence-electron chi connectivity index (χ4n) is 4.47. The Balaban J connectivity index is 1.74. The summed E-state index contributed by atoms with van der Waals surface area (Å²) >= 11 is 0. The van der Waals surface area contributed by atoms with Gasteiger partial charge in [-0.1, -0.05) is 24.3 Å². The van der Waals surface area contributed by atoms with Crippen molar-refractivity contribution in [1.82, 2.24) is 4.90 Å². The lowest BCUT2D eigenvalue weighted by Crippen LogP contribution is -2.36. The summed E-state index contributed by atoms with van der Waals surface area (Å²) in [5.41, 5.74) is 3.66. The molecule has 122 valence electrons. The molecule has 0 saturated carbocycles. The smallest absolute Gasteiger partial charge is 0.222 e. The van der Waals surface area contributed by atoms with Gasteiger partial charge < -0.3 is 14.4 Å². The molecular formula is C20H19NO3. The summed E-state index contributed by atoms with van der Waals surface area (Å²) in [6, 6.07) is 12.6. The molecule has 2 aromatic carbocycles. The molecule has 5 rings (SSSR count). The maximum absolute atomic E-state index is 12.4. The van der Waals surface area contributed by atoms with Gasteiger partial charge in [0.2, 0.25) is 5.91 Å². The van der Waals surface area contributed by atoms with E-state index in [2.05, 4.69) is 17.0 Å². The molecule has 4 nitrogen and oxygen atoms in total. The zero-order valence-corrected chi connectivity index (χ0v) is 13.6.